The molecule has 1 aromatic heterocycles. The number of imidazole rings is 1. The number of thiocarbonyl (C=S) groups is 1. The SMILES string of the molecule is S=C(NCc1ccccc1)N(CCc1nc2ccccc2[nH]1)C1CCCC1. The van der Waals surface area contributed by atoms with Crippen molar-refractivity contribution in [3.63, 3.8) is 0 Å². The monoisotopic (exact) mass is 378 g/mol. The first-order valence-corrected chi connectivity index (χ1v) is 10.2. The van der Waals surface area contributed by atoms with Crippen molar-refractivity contribution in [1.29, 1.82) is 0 Å². The quantitative estimate of drug-likeness (QED) is 0.623. The van der Waals surface area contributed by atoms with Crippen molar-refractivity contribution < 1.29 is 0 Å². The summed E-state index contributed by atoms with van der Waals surface area (Å²) >= 11 is 5.78. The summed E-state index contributed by atoms with van der Waals surface area (Å²) in [5, 5.41) is 4.33. The number of nitrogens with zero attached hydrogens (tertiary/aromatic N) is 2. The molecule has 140 valence electrons. The lowest BCUT2D eigenvalue weighted by Crippen LogP contribution is -2.45. The van der Waals surface area contributed by atoms with Crippen LogP contribution in [-0.4, -0.2) is 32.6 Å². The fraction of sp³-hybridized carbons (Fsp3) is 0.364. The molecule has 1 heterocycles. The summed E-state index contributed by atoms with van der Waals surface area (Å²) in [5.74, 6) is 1.03. The average Bonchev–Trinajstić information content (AvgIpc) is 3.37. The third-order valence-corrected chi connectivity index (χ3v) is 5.72. The molecular formula is C22H26N4S. The van der Waals surface area contributed by atoms with Gasteiger partial charge in [-0.05, 0) is 42.8 Å². The smallest absolute Gasteiger partial charge is 0.169 e. The Hall–Kier alpha value is -2.40. The number of hydrogen-bond donors (Lipinski definition) is 2. The van der Waals surface area contributed by atoms with Gasteiger partial charge in [0.15, 0.2) is 5.11 Å². The molecule has 0 bridgehead atoms. The van der Waals surface area contributed by atoms with E-state index in [4.69, 9.17) is 17.2 Å². The van der Waals surface area contributed by atoms with Gasteiger partial charge in [0.2, 0.25) is 0 Å². The maximum Gasteiger partial charge on any atom is 0.169 e. The van der Waals surface area contributed by atoms with Crippen molar-refractivity contribution in [3.8, 4) is 0 Å². The van der Waals surface area contributed by atoms with E-state index in [-0.39, 0.29) is 0 Å². The highest BCUT2D eigenvalue weighted by Crippen LogP contribution is 2.24. The van der Waals surface area contributed by atoms with Crippen molar-refractivity contribution in [3.05, 3.63) is 66.0 Å². The highest BCUT2D eigenvalue weighted by Gasteiger charge is 2.24. The first-order chi connectivity index (χ1) is 13.3. The van der Waals surface area contributed by atoms with Crippen LogP contribution in [0.15, 0.2) is 54.6 Å². The molecule has 4 rings (SSSR count). The highest BCUT2D eigenvalue weighted by molar-refractivity contribution is 7.80. The molecule has 5 heteroatoms. The summed E-state index contributed by atoms with van der Waals surface area (Å²) in [6.07, 6.45) is 5.93. The van der Waals surface area contributed by atoms with Gasteiger partial charge in [0, 0.05) is 25.6 Å². The molecule has 0 atom stereocenters. The molecule has 0 radical (unpaired) electrons. The number of aromatic amines is 1. The molecule has 4 nitrogen and oxygen atoms in total. The number of rotatable bonds is 6. The van der Waals surface area contributed by atoms with Gasteiger partial charge in [-0.1, -0.05) is 55.3 Å². The van der Waals surface area contributed by atoms with Crippen LogP contribution in [-0.2, 0) is 13.0 Å². The molecule has 2 N–H and O–H groups in total. The third kappa shape index (κ3) is 4.48. The van der Waals surface area contributed by atoms with Gasteiger partial charge in [-0.25, -0.2) is 4.98 Å². The highest BCUT2D eigenvalue weighted by atomic mass is 32.1. The molecule has 1 aliphatic rings. The second kappa shape index (κ2) is 8.53. The van der Waals surface area contributed by atoms with Crippen molar-refractivity contribution in [1.82, 2.24) is 20.2 Å². The minimum atomic E-state index is 0.546. The van der Waals surface area contributed by atoms with Crippen LogP contribution in [0.2, 0.25) is 0 Å². The number of fused-ring (bicyclic) bond motifs is 1. The van der Waals surface area contributed by atoms with E-state index in [9.17, 15) is 0 Å². The number of benzene rings is 2. The predicted octanol–water partition coefficient (Wildman–Crippen LogP) is 4.42. The largest absolute Gasteiger partial charge is 0.358 e. The van der Waals surface area contributed by atoms with E-state index in [1.54, 1.807) is 0 Å². The molecule has 27 heavy (non-hydrogen) atoms. The topological polar surface area (TPSA) is 44.0 Å². The number of hydrogen-bond acceptors (Lipinski definition) is 2. The van der Waals surface area contributed by atoms with Crippen LogP contribution in [0.3, 0.4) is 0 Å². The van der Waals surface area contributed by atoms with Crippen LogP contribution in [0.5, 0.6) is 0 Å². The molecule has 0 spiro atoms. The van der Waals surface area contributed by atoms with Crippen LogP contribution in [0.1, 0.15) is 37.1 Å². The zero-order valence-corrected chi connectivity index (χ0v) is 16.3. The number of nitrogens with one attached hydrogen (secondary N) is 2. The Morgan fingerprint density at radius 3 is 2.59 bits per heavy atom. The summed E-state index contributed by atoms with van der Waals surface area (Å²) in [4.78, 5) is 10.5. The molecule has 3 aromatic rings. The van der Waals surface area contributed by atoms with Crippen LogP contribution < -0.4 is 5.32 Å². The van der Waals surface area contributed by atoms with Crippen LogP contribution in [0.4, 0.5) is 0 Å². The summed E-state index contributed by atoms with van der Waals surface area (Å²) in [5.41, 5.74) is 3.39. The van der Waals surface area contributed by atoms with Gasteiger partial charge < -0.3 is 15.2 Å². The summed E-state index contributed by atoms with van der Waals surface area (Å²) in [7, 11) is 0. The summed E-state index contributed by atoms with van der Waals surface area (Å²) in [6.45, 7) is 1.67. The normalized spacial score (nSPS) is 14.5. The van der Waals surface area contributed by atoms with E-state index in [2.05, 4.69) is 51.6 Å². The Morgan fingerprint density at radius 1 is 1.07 bits per heavy atom. The Balaban J connectivity index is 1.41. The number of H-pyrrole nitrogens is 1. The average molecular weight is 379 g/mol. The van der Waals surface area contributed by atoms with Gasteiger partial charge in [0.05, 0.1) is 11.0 Å². The molecule has 0 amide bonds. The lowest BCUT2D eigenvalue weighted by atomic mass is 10.2. The minimum Gasteiger partial charge on any atom is -0.358 e. The fourth-order valence-electron chi connectivity index (χ4n) is 3.89. The molecule has 2 aromatic carbocycles. The van der Waals surface area contributed by atoms with E-state index in [0.717, 1.165) is 41.5 Å². The molecular weight excluding hydrogens is 352 g/mol. The lowest BCUT2D eigenvalue weighted by molar-refractivity contribution is 0.311. The molecule has 1 aliphatic carbocycles. The van der Waals surface area contributed by atoms with Crippen molar-refractivity contribution in [2.45, 2.75) is 44.7 Å². The van der Waals surface area contributed by atoms with Gasteiger partial charge in [0.1, 0.15) is 5.82 Å². The zero-order chi connectivity index (χ0) is 18.5. The van der Waals surface area contributed by atoms with Gasteiger partial charge in [-0.3, -0.25) is 0 Å². The van der Waals surface area contributed by atoms with E-state index in [1.165, 1.54) is 31.2 Å². The number of aromatic nitrogens is 2. The minimum absolute atomic E-state index is 0.546. The first kappa shape index (κ1) is 18.0. The summed E-state index contributed by atoms with van der Waals surface area (Å²) < 4.78 is 0. The lowest BCUT2D eigenvalue weighted by Gasteiger charge is -2.31. The van der Waals surface area contributed by atoms with E-state index >= 15 is 0 Å². The van der Waals surface area contributed by atoms with Crippen LogP contribution >= 0.6 is 12.2 Å². The second-order valence-electron chi connectivity index (χ2n) is 7.23. The van der Waals surface area contributed by atoms with Gasteiger partial charge >= 0.3 is 0 Å². The Morgan fingerprint density at radius 2 is 1.81 bits per heavy atom. The number of para-hydroxylation sites is 2. The first-order valence-electron chi connectivity index (χ1n) is 9.81. The van der Waals surface area contributed by atoms with Gasteiger partial charge in [-0.15, -0.1) is 0 Å². The Kier molecular flexibility index (Phi) is 5.68. The van der Waals surface area contributed by atoms with Crippen LogP contribution in [0.25, 0.3) is 11.0 Å². The summed E-state index contributed by atoms with van der Waals surface area (Å²) in [6, 6.07) is 19.2. The van der Waals surface area contributed by atoms with E-state index < -0.39 is 0 Å². The van der Waals surface area contributed by atoms with Crippen molar-refractivity contribution in [2.75, 3.05) is 6.54 Å². The molecule has 1 saturated carbocycles. The maximum atomic E-state index is 5.78. The third-order valence-electron chi connectivity index (χ3n) is 5.34. The van der Waals surface area contributed by atoms with Crippen molar-refractivity contribution >= 4 is 28.4 Å². The zero-order valence-electron chi connectivity index (χ0n) is 15.5. The molecule has 0 aliphatic heterocycles. The standard InChI is InChI=1S/C22H26N4S/c27-22(23-16-17-8-2-1-3-9-17)26(18-10-4-5-11-18)15-14-21-24-19-12-6-7-13-20(19)25-21/h1-3,6-9,12-13,18H,4-5,10-11,14-16H2,(H,23,27)(H,24,25). The second-order valence-corrected chi connectivity index (χ2v) is 7.61. The van der Waals surface area contributed by atoms with E-state index in [0.29, 0.717) is 6.04 Å². The maximum absolute atomic E-state index is 5.78. The van der Waals surface area contributed by atoms with E-state index in [1.807, 2.05) is 18.2 Å². The van der Waals surface area contributed by atoms with Crippen molar-refractivity contribution in [2.24, 2.45) is 0 Å². The van der Waals surface area contributed by atoms with Crippen LogP contribution in [0, 0.1) is 0 Å². The van der Waals surface area contributed by atoms with Gasteiger partial charge in [-0.2, -0.15) is 0 Å². The Labute approximate surface area is 166 Å². The molecule has 0 unspecified atom stereocenters. The van der Waals surface area contributed by atoms with Gasteiger partial charge in [0.25, 0.3) is 0 Å². The fourth-order valence-corrected chi connectivity index (χ4v) is 4.20. The molecule has 0 saturated heterocycles. The predicted molar refractivity (Wildman–Crippen MR) is 115 cm³/mol. The Bertz CT molecular complexity index is 850. The molecule has 1 fully saturated rings.